The average molecular weight is 1310 g/mol. The molecule has 544 valence electrons. The van der Waals surface area contributed by atoms with E-state index in [4.69, 9.17) is 9.98 Å². The lowest BCUT2D eigenvalue weighted by Crippen LogP contribution is -2.51. The van der Waals surface area contributed by atoms with E-state index in [1.54, 1.807) is 0 Å². The number of rotatable bonds is 58. The van der Waals surface area contributed by atoms with Gasteiger partial charge >= 0.3 is 0 Å². The van der Waals surface area contributed by atoms with Gasteiger partial charge in [0.15, 0.2) is 0 Å². The summed E-state index contributed by atoms with van der Waals surface area (Å²) in [5.74, 6) is 0.740. The van der Waals surface area contributed by atoms with Crippen LogP contribution in [0, 0.1) is 13.8 Å². The molecule has 1 aliphatic carbocycles. The summed E-state index contributed by atoms with van der Waals surface area (Å²) in [6.07, 6.45) is 48.8. The molecule has 2 aromatic rings. The van der Waals surface area contributed by atoms with Crippen molar-refractivity contribution in [2.24, 2.45) is 9.98 Å². The highest BCUT2D eigenvalue weighted by Crippen LogP contribution is 2.41. The van der Waals surface area contributed by atoms with Crippen LogP contribution >= 0.6 is 0 Å². The van der Waals surface area contributed by atoms with E-state index in [2.05, 4.69) is 135 Å². The Kier molecular flexibility index (Phi) is 43.0. The van der Waals surface area contributed by atoms with Crippen LogP contribution in [-0.4, -0.2) is 157 Å². The van der Waals surface area contributed by atoms with E-state index in [1.807, 2.05) is 12.4 Å². The highest BCUT2D eigenvalue weighted by Gasteiger charge is 2.37. The second-order valence-electron chi connectivity index (χ2n) is 32.2. The topological polar surface area (TPSA) is 65.2 Å². The highest BCUT2D eigenvalue weighted by atomic mass is 16.3. The Morgan fingerprint density at radius 1 is 0.330 bits per heavy atom. The van der Waals surface area contributed by atoms with Gasteiger partial charge in [-0.1, -0.05) is 199 Å². The van der Waals surface area contributed by atoms with Crippen LogP contribution in [0.3, 0.4) is 0 Å². The van der Waals surface area contributed by atoms with Crippen molar-refractivity contribution in [3.8, 4) is 11.5 Å². The minimum atomic E-state index is -0.0290. The van der Waals surface area contributed by atoms with Gasteiger partial charge in [-0.25, -0.2) is 0 Å². The summed E-state index contributed by atoms with van der Waals surface area (Å²) in [4.78, 5) is 11.0. The molecule has 2 atom stereocenters. The van der Waals surface area contributed by atoms with Crippen LogP contribution in [-0.2, 0) is 10.8 Å². The molecule has 0 heterocycles. The van der Waals surface area contributed by atoms with Crippen LogP contribution in [0.25, 0.3) is 0 Å². The van der Waals surface area contributed by atoms with Crippen molar-refractivity contribution in [2.75, 3.05) is 105 Å². The molecular formula is C86H162N6O2+4. The molecule has 0 aliphatic heterocycles. The Bertz CT molecular complexity index is 2000. The van der Waals surface area contributed by atoms with Crippen molar-refractivity contribution in [2.45, 2.75) is 365 Å². The molecule has 8 nitrogen and oxygen atoms in total. The normalized spacial score (nSPS) is 15.6. The first kappa shape index (κ1) is 85.4. The van der Waals surface area contributed by atoms with Gasteiger partial charge in [0.2, 0.25) is 0 Å². The zero-order chi connectivity index (χ0) is 69.2. The number of quaternary nitrogens is 4. The number of unbranched alkanes of at least 4 members (excludes halogenated alkanes) is 12. The van der Waals surface area contributed by atoms with Crippen molar-refractivity contribution in [1.29, 1.82) is 0 Å². The Morgan fingerprint density at radius 2 is 0.521 bits per heavy atom. The molecule has 0 amide bonds. The molecule has 1 aliphatic rings. The summed E-state index contributed by atoms with van der Waals surface area (Å²) in [5.41, 5.74) is 6.36. The second kappa shape index (κ2) is 47.3. The minimum absolute atomic E-state index is 0.00924. The van der Waals surface area contributed by atoms with Gasteiger partial charge in [0.25, 0.3) is 0 Å². The van der Waals surface area contributed by atoms with Crippen molar-refractivity contribution >= 4 is 12.4 Å². The molecule has 0 spiro atoms. The molecule has 0 bridgehead atoms. The zero-order valence-electron chi connectivity index (χ0n) is 66.0. The maximum Gasteiger partial charge on any atom is 0.127 e. The standard InChI is InChI=1S/C86H160N6O2/c1-17-29-53-89(54-30-18-2,55-31-19-3)65-43-49-85(15,50-44-66-90(56-32-20-4,57-33-21-5)58-34-22-6)79-69-75(13)83(93)77(71-79)73-87-81-47-41-42-48-82(81)88-74-78-72-80(70-76(14)84(78)94)86(16,51-45-67-91(59-35-23-7,60-36-24-8)61-37-25-9)52-46-68-92(62-38-26-10,63-39-27-11)64-40-28-12/h69-74,81-82H,17-68H2,1-16H3/q+2/p+2/t81-,82-/m0/s1. The monoisotopic (exact) mass is 1310 g/mol. The number of aliphatic imine (C=N–C) groups is 2. The van der Waals surface area contributed by atoms with E-state index < -0.39 is 0 Å². The number of aryl methyl sites for hydroxylation is 2. The van der Waals surface area contributed by atoms with E-state index in [9.17, 15) is 10.2 Å². The number of phenols is 2. The Balaban J connectivity index is 2.16. The third-order valence-corrected chi connectivity index (χ3v) is 23.8. The summed E-state index contributed by atoms with van der Waals surface area (Å²) in [5, 5.41) is 24.2. The lowest BCUT2D eigenvalue weighted by atomic mass is 9.73. The zero-order valence-corrected chi connectivity index (χ0v) is 66.0. The van der Waals surface area contributed by atoms with E-state index in [0.717, 1.165) is 73.6 Å². The van der Waals surface area contributed by atoms with Gasteiger partial charge in [0.05, 0.1) is 117 Å². The van der Waals surface area contributed by atoms with Crippen LogP contribution in [0.1, 0.15) is 361 Å². The van der Waals surface area contributed by atoms with Gasteiger partial charge in [0.1, 0.15) is 11.5 Å². The van der Waals surface area contributed by atoms with E-state index in [0.29, 0.717) is 11.5 Å². The number of benzene rings is 2. The van der Waals surface area contributed by atoms with Crippen molar-refractivity contribution < 1.29 is 28.1 Å². The Morgan fingerprint density at radius 3 is 0.713 bits per heavy atom. The van der Waals surface area contributed by atoms with Gasteiger partial charge in [0, 0.05) is 23.6 Å². The van der Waals surface area contributed by atoms with E-state index in [-0.39, 0.29) is 22.9 Å². The molecule has 8 heteroatoms. The quantitative estimate of drug-likeness (QED) is 0.0512. The van der Waals surface area contributed by atoms with Crippen LogP contribution in [0.15, 0.2) is 34.3 Å². The predicted octanol–water partition coefficient (Wildman–Crippen LogP) is 23.1. The molecule has 0 unspecified atom stereocenters. The smallest absolute Gasteiger partial charge is 0.127 e. The molecular weight excluding hydrogens is 1150 g/mol. The maximum atomic E-state index is 12.1. The second-order valence-corrected chi connectivity index (χ2v) is 32.2. The first-order valence-electron chi connectivity index (χ1n) is 41.5. The Hall–Kier alpha value is -2.78. The Labute approximate surface area is 586 Å². The predicted molar refractivity (Wildman–Crippen MR) is 416 cm³/mol. The van der Waals surface area contributed by atoms with Crippen LogP contribution < -0.4 is 0 Å². The number of phenolic OH excluding ortho intramolecular Hbond substituents is 2. The number of hydrogen-bond acceptors (Lipinski definition) is 4. The fourth-order valence-corrected chi connectivity index (χ4v) is 17.0. The molecule has 1 fully saturated rings. The molecule has 3 rings (SSSR count). The minimum Gasteiger partial charge on any atom is -0.507 e. The summed E-state index contributed by atoms with van der Waals surface area (Å²) >= 11 is 0. The molecule has 0 saturated heterocycles. The van der Waals surface area contributed by atoms with E-state index in [1.165, 1.54) is 314 Å². The van der Waals surface area contributed by atoms with Crippen molar-refractivity contribution in [3.05, 3.63) is 57.6 Å². The molecule has 94 heavy (non-hydrogen) atoms. The summed E-state index contributed by atoms with van der Waals surface area (Å²) in [6, 6.07) is 9.45. The summed E-state index contributed by atoms with van der Waals surface area (Å²) < 4.78 is 5.14. The lowest BCUT2D eigenvalue weighted by molar-refractivity contribution is -0.929. The largest absolute Gasteiger partial charge is 0.507 e. The molecule has 0 radical (unpaired) electrons. The van der Waals surface area contributed by atoms with Gasteiger partial charge in [-0.2, -0.15) is 0 Å². The van der Waals surface area contributed by atoms with Gasteiger partial charge in [-0.3, -0.25) is 9.98 Å². The molecule has 1 saturated carbocycles. The van der Waals surface area contributed by atoms with Gasteiger partial charge in [-0.05, 0) is 200 Å². The fourth-order valence-electron chi connectivity index (χ4n) is 17.0. The first-order valence-corrected chi connectivity index (χ1v) is 41.5. The van der Waals surface area contributed by atoms with Gasteiger partial charge in [-0.15, -0.1) is 0 Å². The number of hydrogen-bond donors (Lipinski definition) is 2. The van der Waals surface area contributed by atoms with Crippen LogP contribution in [0.4, 0.5) is 0 Å². The third kappa shape index (κ3) is 29.2. The number of aromatic hydroxyl groups is 2. The molecule has 2 N–H and O–H groups in total. The van der Waals surface area contributed by atoms with Crippen molar-refractivity contribution in [3.63, 3.8) is 0 Å². The molecule has 0 aromatic heterocycles. The molecule has 2 aromatic carbocycles. The van der Waals surface area contributed by atoms with Crippen LogP contribution in [0.2, 0.25) is 0 Å². The lowest BCUT2D eigenvalue weighted by Gasteiger charge is -2.42. The van der Waals surface area contributed by atoms with E-state index >= 15 is 0 Å². The highest BCUT2D eigenvalue weighted by molar-refractivity contribution is 5.86. The SMILES string of the molecule is CCCC[N+](CCCC)(CCCC)CCCC(C)(CCC[N+](CCCC)(CCCC)CCCC)c1cc(C)c(O)c(C=N[C@H]2CCCC[C@@H]2N=Cc2cc(C(C)(CCC[N+](CCCC)(CCCC)CCCC)CCC[N+](CCCC)(CCCC)CCCC)cc(C)c2O)c1. The summed E-state index contributed by atoms with van der Waals surface area (Å²) in [6.45, 7) is 58.8. The summed E-state index contributed by atoms with van der Waals surface area (Å²) in [7, 11) is 0. The maximum absolute atomic E-state index is 12.1. The fraction of sp³-hybridized carbons (Fsp3) is 0.837. The van der Waals surface area contributed by atoms with Gasteiger partial charge < -0.3 is 28.1 Å². The first-order chi connectivity index (χ1) is 45.3. The number of nitrogens with zero attached hydrogens (tertiary/aromatic N) is 6. The average Bonchev–Trinajstić information content (AvgIpc) is 0.831. The van der Waals surface area contributed by atoms with Crippen LogP contribution in [0.5, 0.6) is 11.5 Å². The van der Waals surface area contributed by atoms with Crippen molar-refractivity contribution in [1.82, 2.24) is 0 Å². The third-order valence-electron chi connectivity index (χ3n) is 23.8.